The molecule has 1 N–H and O–H groups in total. The monoisotopic (exact) mass is 298 g/mol. The molecular weight excluding hydrogens is 276 g/mol. The lowest BCUT2D eigenvalue weighted by Gasteiger charge is -2.30. The van der Waals surface area contributed by atoms with Crippen molar-refractivity contribution < 1.29 is 5.11 Å². The number of hydrogen-bond acceptors (Lipinski definition) is 5. The van der Waals surface area contributed by atoms with E-state index >= 15 is 0 Å². The van der Waals surface area contributed by atoms with Crippen LogP contribution in [-0.2, 0) is 0 Å². The minimum absolute atomic E-state index is 0.247. The molecule has 112 valence electrons. The second-order valence-corrected chi connectivity index (χ2v) is 6.37. The number of likely N-dealkylation sites (N-methyl/N-ethyl adjacent to an activating group) is 1. The fraction of sp³-hybridized carbons (Fsp3) is 0.714. The van der Waals surface area contributed by atoms with Crippen LogP contribution in [-0.4, -0.2) is 59.3 Å². The molecule has 20 heavy (non-hydrogen) atoms. The Kier molecular flexibility index (Phi) is 4.83. The molecule has 2 heterocycles. The van der Waals surface area contributed by atoms with Crippen LogP contribution in [0.3, 0.4) is 0 Å². The number of nitrogens with zero attached hydrogens (tertiary/aromatic N) is 4. The first-order chi connectivity index (χ1) is 9.40. The maximum Gasteiger partial charge on any atom is 0.138 e. The molecule has 1 aliphatic heterocycles. The smallest absolute Gasteiger partial charge is 0.138 e. The summed E-state index contributed by atoms with van der Waals surface area (Å²) < 4.78 is 0. The normalized spacial score (nSPS) is 23.1. The summed E-state index contributed by atoms with van der Waals surface area (Å²) in [5.74, 6) is 1.11. The standard InChI is InChI=1S/C14H23ClN4O/c1-9(2)12-13(15)16-8-17-14(12)19-7-11(20)5-10(19)6-18(3)4/h8-11,20H,5-7H2,1-4H3. The molecule has 1 fully saturated rings. The zero-order valence-electron chi connectivity index (χ0n) is 12.5. The number of aliphatic hydroxyl groups is 1. The van der Waals surface area contributed by atoms with Gasteiger partial charge < -0.3 is 14.9 Å². The van der Waals surface area contributed by atoms with Crippen molar-refractivity contribution in [1.82, 2.24) is 14.9 Å². The minimum atomic E-state index is -0.311. The third kappa shape index (κ3) is 3.22. The molecule has 0 saturated carbocycles. The Morgan fingerprint density at radius 2 is 2.15 bits per heavy atom. The molecule has 2 unspecified atom stereocenters. The van der Waals surface area contributed by atoms with Gasteiger partial charge >= 0.3 is 0 Å². The highest BCUT2D eigenvalue weighted by atomic mass is 35.5. The average Bonchev–Trinajstić information content (AvgIpc) is 2.68. The molecule has 1 aliphatic rings. The van der Waals surface area contributed by atoms with Crippen LogP contribution in [0.15, 0.2) is 6.33 Å². The molecule has 0 radical (unpaired) electrons. The first kappa shape index (κ1) is 15.5. The predicted molar refractivity (Wildman–Crippen MR) is 81.4 cm³/mol. The Balaban J connectivity index is 2.36. The SMILES string of the molecule is CC(C)c1c(Cl)ncnc1N1CC(O)CC1CN(C)C. The van der Waals surface area contributed by atoms with E-state index in [4.69, 9.17) is 11.6 Å². The average molecular weight is 299 g/mol. The van der Waals surface area contributed by atoms with Gasteiger partial charge in [-0.2, -0.15) is 0 Å². The Morgan fingerprint density at radius 3 is 2.75 bits per heavy atom. The maximum absolute atomic E-state index is 10.0. The zero-order chi connectivity index (χ0) is 14.9. The van der Waals surface area contributed by atoms with Crippen LogP contribution in [0.1, 0.15) is 31.7 Å². The third-order valence-electron chi connectivity index (χ3n) is 3.63. The van der Waals surface area contributed by atoms with Crippen LogP contribution in [0.2, 0.25) is 5.15 Å². The summed E-state index contributed by atoms with van der Waals surface area (Å²) in [4.78, 5) is 12.8. The van der Waals surface area contributed by atoms with E-state index in [2.05, 4.69) is 33.6 Å². The minimum Gasteiger partial charge on any atom is -0.391 e. The first-order valence-corrected chi connectivity index (χ1v) is 7.37. The molecule has 0 bridgehead atoms. The number of rotatable bonds is 4. The summed E-state index contributed by atoms with van der Waals surface area (Å²) in [7, 11) is 4.08. The topological polar surface area (TPSA) is 52.5 Å². The number of aromatic nitrogens is 2. The highest BCUT2D eigenvalue weighted by molar-refractivity contribution is 6.30. The number of β-amino-alcohol motifs (C(OH)–C–C–N with tert-alkyl or cyclic N) is 1. The molecule has 1 aromatic heterocycles. The summed E-state index contributed by atoms with van der Waals surface area (Å²) in [5.41, 5.74) is 0.965. The van der Waals surface area contributed by atoms with E-state index in [-0.39, 0.29) is 18.1 Å². The molecular formula is C14H23ClN4O. The summed E-state index contributed by atoms with van der Waals surface area (Å²) in [6.45, 7) is 5.66. The second-order valence-electron chi connectivity index (χ2n) is 6.01. The lowest BCUT2D eigenvalue weighted by Crippen LogP contribution is -2.38. The molecule has 5 nitrogen and oxygen atoms in total. The van der Waals surface area contributed by atoms with Crippen LogP contribution >= 0.6 is 11.6 Å². The van der Waals surface area contributed by atoms with Gasteiger partial charge in [-0.25, -0.2) is 9.97 Å². The molecule has 6 heteroatoms. The molecule has 1 saturated heterocycles. The third-order valence-corrected chi connectivity index (χ3v) is 3.93. The van der Waals surface area contributed by atoms with Gasteiger partial charge in [-0.1, -0.05) is 25.4 Å². The van der Waals surface area contributed by atoms with Crippen molar-refractivity contribution in [2.45, 2.75) is 38.3 Å². The second kappa shape index (κ2) is 6.24. The highest BCUT2D eigenvalue weighted by Crippen LogP contribution is 2.34. The first-order valence-electron chi connectivity index (χ1n) is 7.00. The van der Waals surface area contributed by atoms with Gasteiger partial charge in [0.15, 0.2) is 0 Å². The van der Waals surface area contributed by atoms with Crippen LogP contribution in [0, 0.1) is 0 Å². The summed E-state index contributed by atoms with van der Waals surface area (Å²) in [6, 6.07) is 0.253. The van der Waals surface area contributed by atoms with E-state index in [1.807, 2.05) is 14.1 Å². The van der Waals surface area contributed by atoms with E-state index in [1.54, 1.807) is 0 Å². The molecule has 0 amide bonds. The maximum atomic E-state index is 10.0. The van der Waals surface area contributed by atoms with Crippen molar-refractivity contribution >= 4 is 17.4 Å². The molecule has 0 aliphatic carbocycles. The van der Waals surface area contributed by atoms with E-state index in [0.717, 1.165) is 24.3 Å². The van der Waals surface area contributed by atoms with Gasteiger partial charge in [-0.3, -0.25) is 0 Å². The van der Waals surface area contributed by atoms with Gasteiger partial charge in [0.25, 0.3) is 0 Å². The zero-order valence-corrected chi connectivity index (χ0v) is 13.3. The number of halogens is 1. The van der Waals surface area contributed by atoms with Crippen molar-refractivity contribution in [3.8, 4) is 0 Å². The number of anilines is 1. The summed E-state index contributed by atoms with van der Waals surface area (Å²) in [5, 5.41) is 10.5. The van der Waals surface area contributed by atoms with E-state index in [9.17, 15) is 5.11 Å². The summed E-state index contributed by atoms with van der Waals surface area (Å²) in [6.07, 6.45) is 1.95. The number of hydrogen-bond donors (Lipinski definition) is 1. The fourth-order valence-corrected chi connectivity index (χ4v) is 3.18. The molecule has 2 atom stereocenters. The Hall–Kier alpha value is -0.910. The number of aliphatic hydroxyl groups excluding tert-OH is 1. The van der Waals surface area contributed by atoms with Gasteiger partial charge in [0, 0.05) is 24.7 Å². The van der Waals surface area contributed by atoms with Gasteiger partial charge in [0.05, 0.1) is 6.10 Å². The van der Waals surface area contributed by atoms with Crippen LogP contribution in [0.5, 0.6) is 0 Å². The quantitative estimate of drug-likeness (QED) is 0.859. The Morgan fingerprint density at radius 1 is 1.45 bits per heavy atom. The van der Waals surface area contributed by atoms with Crippen molar-refractivity contribution in [2.75, 3.05) is 32.1 Å². The molecule has 0 spiro atoms. The van der Waals surface area contributed by atoms with Gasteiger partial charge in [0.2, 0.25) is 0 Å². The van der Waals surface area contributed by atoms with Crippen molar-refractivity contribution in [1.29, 1.82) is 0 Å². The Labute approximate surface area is 125 Å². The van der Waals surface area contributed by atoms with Crippen LogP contribution < -0.4 is 4.90 Å². The van der Waals surface area contributed by atoms with Gasteiger partial charge in [-0.15, -0.1) is 0 Å². The van der Waals surface area contributed by atoms with Crippen LogP contribution in [0.25, 0.3) is 0 Å². The lowest BCUT2D eigenvalue weighted by molar-refractivity contribution is 0.191. The van der Waals surface area contributed by atoms with Crippen molar-refractivity contribution in [3.05, 3.63) is 17.0 Å². The molecule has 2 rings (SSSR count). The van der Waals surface area contributed by atoms with Crippen molar-refractivity contribution in [2.24, 2.45) is 0 Å². The van der Waals surface area contributed by atoms with Crippen molar-refractivity contribution in [3.63, 3.8) is 0 Å². The van der Waals surface area contributed by atoms with E-state index in [0.29, 0.717) is 11.7 Å². The van der Waals surface area contributed by atoms with Gasteiger partial charge in [-0.05, 0) is 26.4 Å². The molecule has 0 aromatic carbocycles. The predicted octanol–water partition coefficient (Wildman–Crippen LogP) is 1.75. The Bertz CT molecular complexity index is 466. The lowest BCUT2D eigenvalue weighted by atomic mass is 10.1. The molecule has 1 aromatic rings. The summed E-state index contributed by atoms with van der Waals surface area (Å²) >= 11 is 6.24. The van der Waals surface area contributed by atoms with Crippen LogP contribution in [0.4, 0.5) is 5.82 Å². The van der Waals surface area contributed by atoms with E-state index in [1.165, 1.54) is 6.33 Å². The largest absolute Gasteiger partial charge is 0.391 e. The van der Waals surface area contributed by atoms with E-state index < -0.39 is 0 Å². The van der Waals surface area contributed by atoms with Gasteiger partial charge in [0.1, 0.15) is 17.3 Å². The fourth-order valence-electron chi connectivity index (χ4n) is 2.84. The highest BCUT2D eigenvalue weighted by Gasteiger charge is 2.34.